The van der Waals surface area contributed by atoms with Gasteiger partial charge in [-0.3, -0.25) is 4.79 Å². The molecule has 0 fully saturated rings. The third-order valence-electron chi connectivity index (χ3n) is 2.89. The number of carbonyl (C=O) groups excluding carboxylic acids is 1. The molecule has 2 heteroatoms. The van der Waals surface area contributed by atoms with Gasteiger partial charge in [0.05, 0.1) is 7.11 Å². The van der Waals surface area contributed by atoms with Gasteiger partial charge in [-0.2, -0.15) is 0 Å². The van der Waals surface area contributed by atoms with E-state index in [2.05, 4.69) is 35.6 Å². The van der Waals surface area contributed by atoms with Crippen LogP contribution in [-0.4, -0.2) is 13.1 Å². The van der Waals surface area contributed by atoms with Crippen molar-refractivity contribution >= 4 is 5.97 Å². The fraction of sp³-hybridized carbons (Fsp3) is 0.588. The van der Waals surface area contributed by atoms with Crippen LogP contribution in [0.25, 0.3) is 0 Å². The molecule has 0 aromatic carbocycles. The number of methoxy groups -OCH3 is 1. The molecule has 2 nitrogen and oxygen atoms in total. The largest absolute Gasteiger partial charge is 0.469 e. The van der Waals surface area contributed by atoms with E-state index in [4.69, 9.17) is 0 Å². The lowest BCUT2D eigenvalue weighted by Gasteiger charge is -1.99. The smallest absolute Gasteiger partial charge is 0.305 e. The lowest BCUT2D eigenvalue weighted by molar-refractivity contribution is -0.140. The topological polar surface area (TPSA) is 26.3 Å². The van der Waals surface area contributed by atoms with Gasteiger partial charge < -0.3 is 4.74 Å². The van der Waals surface area contributed by atoms with Crippen molar-refractivity contribution in [3.8, 4) is 0 Å². The Labute approximate surface area is 118 Å². The monoisotopic (exact) mass is 264 g/mol. The second-order valence-corrected chi connectivity index (χ2v) is 4.59. The predicted octanol–water partition coefficient (Wildman–Crippen LogP) is 4.97. The van der Waals surface area contributed by atoms with Gasteiger partial charge in [-0.1, -0.05) is 49.6 Å². The molecule has 0 aliphatic carbocycles. The maximum absolute atomic E-state index is 10.9. The average Bonchev–Trinajstić information content (AvgIpc) is 2.43. The number of carbonyl (C=O) groups is 1. The van der Waals surface area contributed by atoms with Crippen LogP contribution in [-0.2, 0) is 9.53 Å². The summed E-state index contributed by atoms with van der Waals surface area (Å²) in [5, 5.41) is 0. The molecule has 0 heterocycles. The predicted molar refractivity (Wildman–Crippen MR) is 82.0 cm³/mol. The molecule has 0 aromatic heterocycles. The SMILES string of the molecule is C=CC/C=C/C/C=C/CCCCCCCC(=O)OC. The molecule has 0 rings (SSSR count). The van der Waals surface area contributed by atoms with Gasteiger partial charge in [-0.05, 0) is 32.1 Å². The zero-order valence-corrected chi connectivity index (χ0v) is 12.3. The van der Waals surface area contributed by atoms with Crippen LogP contribution in [0.15, 0.2) is 37.0 Å². The van der Waals surface area contributed by atoms with Crippen molar-refractivity contribution in [2.75, 3.05) is 7.11 Å². The minimum atomic E-state index is -0.0903. The Morgan fingerprint density at radius 3 is 2.32 bits per heavy atom. The van der Waals surface area contributed by atoms with E-state index >= 15 is 0 Å². The molecule has 0 saturated heterocycles. The lowest BCUT2D eigenvalue weighted by Crippen LogP contribution is -1.98. The van der Waals surface area contributed by atoms with Crippen LogP contribution < -0.4 is 0 Å². The Balaban J connectivity index is 3.20. The molecule has 0 amide bonds. The Hall–Kier alpha value is -1.31. The third-order valence-corrected chi connectivity index (χ3v) is 2.89. The highest BCUT2D eigenvalue weighted by atomic mass is 16.5. The van der Waals surface area contributed by atoms with E-state index in [0.29, 0.717) is 6.42 Å². The number of allylic oxidation sites excluding steroid dienone is 5. The van der Waals surface area contributed by atoms with Gasteiger partial charge in [0, 0.05) is 6.42 Å². The lowest BCUT2D eigenvalue weighted by atomic mass is 10.1. The van der Waals surface area contributed by atoms with Crippen LogP contribution in [0.2, 0.25) is 0 Å². The van der Waals surface area contributed by atoms with Crippen LogP contribution in [0.4, 0.5) is 0 Å². The van der Waals surface area contributed by atoms with Gasteiger partial charge in [0.15, 0.2) is 0 Å². The summed E-state index contributed by atoms with van der Waals surface area (Å²) in [5.74, 6) is -0.0903. The maximum Gasteiger partial charge on any atom is 0.305 e. The Kier molecular flexibility index (Phi) is 13.7. The number of unbranched alkanes of at least 4 members (excludes halogenated alkanes) is 5. The summed E-state index contributed by atoms with van der Waals surface area (Å²) >= 11 is 0. The zero-order valence-electron chi connectivity index (χ0n) is 12.3. The summed E-state index contributed by atoms with van der Waals surface area (Å²) in [6.45, 7) is 3.67. The number of hydrogen-bond donors (Lipinski definition) is 0. The van der Waals surface area contributed by atoms with Crippen molar-refractivity contribution in [1.29, 1.82) is 0 Å². The highest BCUT2D eigenvalue weighted by Crippen LogP contribution is 2.08. The highest BCUT2D eigenvalue weighted by molar-refractivity contribution is 5.68. The normalized spacial score (nSPS) is 11.2. The summed E-state index contributed by atoms with van der Waals surface area (Å²) in [5.41, 5.74) is 0. The summed E-state index contributed by atoms with van der Waals surface area (Å²) in [7, 11) is 1.45. The molecule has 0 saturated carbocycles. The Morgan fingerprint density at radius 1 is 0.947 bits per heavy atom. The summed E-state index contributed by atoms with van der Waals surface area (Å²) in [6.07, 6.45) is 20.2. The van der Waals surface area contributed by atoms with Crippen molar-refractivity contribution < 1.29 is 9.53 Å². The van der Waals surface area contributed by atoms with Gasteiger partial charge >= 0.3 is 5.97 Å². The number of hydrogen-bond acceptors (Lipinski definition) is 2. The molecule has 0 aliphatic rings. The quantitative estimate of drug-likeness (QED) is 0.282. The Morgan fingerprint density at radius 2 is 1.58 bits per heavy atom. The standard InChI is InChI=1S/C17H28O2/c1-3-4-5-6-7-8-9-10-11-12-13-14-15-16-17(18)19-2/h3,5-6,8-9H,1,4,7,10-16H2,2H3/b6-5+,9-8+. The number of ether oxygens (including phenoxy) is 1. The second-order valence-electron chi connectivity index (χ2n) is 4.59. The van der Waals surface area contributed by atoms with Crippen molar-refractivity contribution in [3.63, 3.8) is 0 Å². The van der Waals surface area contributed by atoms with Crippen molar-refractivity contribution in [2.45, 2.75) is 57.8 Å². The minimum absolute atomic E-state index is 0.0903. The first-order chi connectivity index (χ1) is 9.31. The van der Waals surface area contributed by atoms with Crippen molar-refractivity contribution in [2.24, 2.45) is 0 Å². The number of esters is 1. The molecule has 0 aliphatic heterocycles. The maximum atomic E-state index is 10.9. The van der Waals surface area contributed by atoms with Crippen LogP contribution in [0.5, 0.6) is 0 Å². The van der Waals surface area contributed by atoms with Crippen LogP contribution in [0, 0.1) is 0 Å². The number of rotatable bonds is 12. The van der Waals surface area contributed by atoms with E-state index in [9.17, 15) is 4.79 Å². The molecule has 0 atom stereocenters. The van der Waals surface area contributed by atoms with E-state index in [-0.39, 0.29) is 5.97 Å². The van der Waals surface area contributed by atoms with Crippen LogP contribution in [0.1, 0.15) is 57.8 Å². The molecule has 108 valence electrons. The fourth-order valence-electron chi connectivity index (χ4n) is 1.75. The average molecular weight is 264 g/mol. The molecule has 0 spiro atoms. The van der Waals surface area contributed by atoms with Gasteiger partial charge in [0.2, 0.25) is 0 Å². The molecular formula is C17H28O2. The van der Waals surface area contributed by atoms with E-state index in [1.807, 2.05) is 6.08 Å². The second kappa shape index (κ2) is 14.7. The third kappa shape index (κ3) is 14.6. The van der Waals surface area contributed by atoms with Crippen LogP contribution in [0.3, 0.4) is 0 Å². The van der Waals surface area contributed by atoms with Gasteiger partial charge in [-0.15, -0.1) is 6.58 Å². The van der Waals surface area contributed by atoms with Crippen molar-refractivity contribution in [3.05, 3.63) is 37.0 Å². The Bertz CT molecular complexity index is 277. The van der Waals surface area contributed by atoms with Crippen molar-refractivity contribution in [1.82, 2.24) is 0 Å². The van der Waals surface area contributed by atoms with Crippen LogP contribution >= 0.6 is 0 Å². The molecule has 0 unspecified atom stereocenters. The molecule has 0 bridgehead atoms. The first-order valence-electron chi connectivity index (χ1n) is 7.29. The van der Waals surface area contributed by atoms with E-state index in [1.165, 1.54) is 26.4 Å². The van der Waals surface area contributed by atoms with Gasteiger partial charge in [-0.25, -0.2) is 0 Å². The first-order valence-corrected chi connectivity index (χ1v) is 7.29. The zero-order chi connectivity index (χ0) is 14.2. The minimum Gasteiger partial charge on any atom is -0.469 e. The fourth-order valence-corrected chi connectivity index (χ4v) is 1.75. The van der Waals surface area contributed by atoms with Gasteiger partial charge in [0.1, 0.15) is 0 Å². The molecular weight excluding hydrogens is 236 g/mol. The summed E-state index contributed by atoms with van der Waals surface area (Å²) < 4.78 is 4.60. The highest BCUT2D eigenvalue weighted by Gasteiger charge is 1.98. The van der Waals surface area contributed by atoms with E-state index < -0.39 is 0 Å². The van der Waals surface area contributed by atoms with E-state index in [0.717, 1.165) is 32.1 Å². The molecule has 0 aromatic rings. The first kappa shape index (κ1) is 17.7. The molecule has 0 N–H and O–H groups in total. The molecule has 19 heavy (non-hydrogen) atoms. The van der Waals surface area contributed by atoms with Gasteiger partial charge in [0.25, 0.3) is 0 Å². The summed E-state index contributed by atoms with van der Waals surface area (Å²) in [6, 6.07) is 0. The molecule has 0 radical (unpaired) electrons. The van der Waals surface area contributed by atoms with E-state index in [1.54, 1.807) is 0 Å². The summed E-state index contributed by atoms with van der Waals surface area (Å²) in [4.78, 5) is 10.9.